The van der Waals surface area contributed by atoms with Gasteiger partial charge < -0.3 is 5.32 Å². The van der Waals surface area contributed by atoms with E-state index in [9.17, 15) is 4.39 Å². The minimum Gasteiger partial charge on any atom is -0.377 e. The summed E-state index contributed by atoms with van der Waals surface area (Å²) in [6.45, 7) is 2.09. The fraction of sp³-hybridized carbons (Fsp3) is 0.167. The zero-order valence-electron chi connectivity index (χ0n) is 9.01. The van der Waals surface area contributed by atoms with E-state index in [0.717, 1.165) is 13.7 Å². The molecule has 0 saturated carbocycles. The van der Waals surface area contributed by atoms with Gasteiger partial charge in [0.2, 0.25) is 0 Å². The molecule has 0 saturated heterocycles. The molecule has 0 fully saturated rings. The summed E-state index contributed by atoms with van der Waals surface area (Å²) in [6.07, 6.45) is 0. The first-order valence-electron chi connectivity index (χ1n) is 5.02. The van der Waals surface area contributed by atoms with Gasteiger partial charge in [0.1, 0.15) is 5.82 Å². The third kappa shape index (κ3) is 3.20. The van der Waals surface area contributed by atoms with Gasteiger partial charge in [-0.25, -0.2) is 4.39 Å². The van der Waals surface area contributed by atoms with Crippen molar-refractivity contribution in [1.82, 2.24) is 0 Å². The van der Waals surface area contributed by atoms with E-state index in [2.05, 4.69) is 50.8 Å². The van der Waals surface area contributed by atoms with Crippen molar-refractivity contribution in [2.45, 2.75) is 13.0 Å². The van der Waals surface area contributed by atoms with Crippen molar-refractivity contribution in [2.75, 3.05) is 5.32 Å². The van der Waals surface area contributed by atoms with Crippen LogP contribution in [0.15, 0.2) is 34.1 Å². The van der Waals surface area contributed by atoms with Crippen LogP contribution in [0, 0.1) is 9.39 Å². The number of rotatable bonds is 3. The average Bonchev–Trinajstić information content (AvgIpc) is 2.68. The molecule has 90 valence electrons. The summed E-state index contributed by atoms with van der Waals surface area (Å²) in [4.78, 5) is 1.24. The molecule has 17 heavy (non-hydrogen) atoms. The monoisotopic (exact) mass is 425 g/mol. The summed E-state index contributed by atoms with van der Waals surface area (Å²) in [5, 5.41) is 5.44. The molecule has 2 aromatic rings. The van der Waals surface area contributed by atoms with Crippen molar-refractivity contribution in [3.8, 4) is 0 Å². The van der Waals surface area contributed by atoms with Crippen molar-refractivity contribution in [1.29, 1.82) is 0 Å². The van der Waals surface area contributed by atoms with Gasteiger partial charge in [0.25, 0.3) is 0 Å². The van der Waals surface area contributed by atoms with Crippen LogP contribution in [0.4, 0.5) is 10.1 Å². The number of hydrogen-bond acceptors (Lipinski definition) is 2. The molecule has 0 aliphatic heterocycles. The Kier molecular flexibility index (Phi) is 4.43. The lowest BCUT2D eigenvalue weighted by Crippen LogP contribution is -2.06. The van der Waals surface area contributed by atoms with Gasteiger partial charge >= 0.3 is 0 Å². The van der Waals surface area contributed by atoms with Gasteiger partial charge in [0, 0.05) is 18.6 Å². The first kappa shape index (κ1) is 13.3. The molecular formula is C12H10BrFINS. The van der Waals surface area contributed by atoms with Crippen molar-refractivity contribution in [3.05, 3.63) is 48.4 Å². The number of anilines is 1. The quantitative estimate of drug-likeness (QED) is 0.646. The Bertz CT molecular complexity index is 529. The molecule has 1 unspecified atom stereocenters. The second-order valence-corrected chi connectivity index (χ2v) is 6.59. The zero-order chi connectivity index (χ0) is 12.4. The normalized spacial score (nSPS) is 12.5. The number of hydrogen-bond donors (Lipinski definition) is 1. The van der Waals surface area contributed by atoms with E-state index in [1.807, 2.05) is 11.4 Å². The molecular weight excluding hydrogens is 416 g/mol. The lowest BCUT2D eigenvalue weighted by atomic mass is 10.2. The summed E-state index contributed by atoms with van der Waals surface area (Å²) >= 11 is 7.35. The van der Waals surface area contributed by atoms with Crippen LogP contribution in [0.1, 0.15) is 17.8 Å². The SMILES string of the molecule is CC(Nc1ccc(F)cc1I)c1sccc1Br. The molecule has 0 radical (unpaired) electrons. The Morgan fingerprint density at radius 1 is 1.41 bits per heavy atom. The molecule has 0 amide bonds. The number of thiophene rings is 1. The van der Waals surface area contributed by atoms with Crippen LogP contribution in [0.5, 0.6) is 0 Å². The Morgan fingerprint density at radius 3 is 2.76 bits per heavy atom. The van der Waals surface area contributed by atoms with Crippen LogP contribution in [0.25, 0.3) is 0 Å². The van der Waals surface area contributed by atoms with E-state index in [1.165, 1.54) is 17.0 Å². The topological polar surface area (TPSA) is 12.0 Å². The minimum absolute atomic E-state index is 0.198. The van der Waals surface area contributed by atoms with Crippen molar-refractivity contribution >= 4 is 55.5 Å². The van der Waals surface area contributed by atoms with Gasteiger partial charge in [-0.05, 0) is 75.1 Å². The Morgan fingerprint density at radius 2 is 2.18 bits per heavy atom. The third-order valence-corrected chi connectivity index (χ3v) is 5.29. The largest absolute Gasteiger partial charge is 0.377 e. The molecule has 1 nitrogen and oxygen atoms in total. The molecule has 1 aromatic carbocycles. The van der Waals surface area contributed by atoms with Gasteiger partial charge in [-0.2, -0.15) is 0 Å². The molecule has 1 atom stereocenters. The molecule has 0 aliphatic carbocycles. The fourth-order valence-electron chi connectivity index (χ4n) is 1.52. The Labute approximate surface area is 126 Å². The van der Waals surface area contributed by atoms with Crippen molar-refractivity contribution in [3.63, 3.8) is 0 Å². The molecule has 1 heterocycles. The summed E-state index contributed by atoms with van der Waals surface area (Å²) < 4.78 is 15.0. The summed E-state index contributed by atoms with van der Waals surface area (Å²) in [5.74, 6) is -0.204. The Hall–Kier alpha value is -0.140. The van der Waals surface area contributed by atoms with E-state index in [1.54, 1.807) is 17.4 Å². The second kappa shape index (κ2) is 5.67. The molecule has 0 spiro atoms. The summed E-state index contributed by atoms with van der Waals surface area (Å²) in [7, 11) is 0. The second-order valence-electron chi connectivity index (χ2n) is 3.62. The standard InChI is InChI=1S/C12H10BrFINS/c1-7(12-9(13)4-5-17-12)16-11-3-2-8(14)6-10(11)15/h2-7,16H,1H3. The molecule has 0 aliphatic rings. The average molecular weight is 426 g/mol. The van der Waals surface area contributed by atoms with Gasteiger partial charge in [-0.1, -0.05) is 0 Å². The van der Waals surface area contributed by atoms with Gasteiger partial charge in [0.05, 0.1) is 6.04 Å². The lowest BCUT2D eigenvalue weighted by Gasteiger charge is -2.15. The smallest absolute Gasteiger partial charge is 0.124 e. The highest BCUT2D eigenvalue weighted by molar-refractivity contribution is 14.1. The van der Waals surface area contributed by atoms with Crippen molar-refractivity contribution < 1.29 is 4.39 Å². The van der Waals surface area contributed by atoms with Gasteiger partial charge in [-0.3, -0.25) is 0 Å². The summed E-state index contributed by atoms with van der Waals surface area (Å²) in [6, 6.07) is 7.01. The summed E-state index contributed by atoms with van der Waals surface area (Å²) in [5.41, 5.74) is 0.958. The van der Waals surface area contributed by atoms with E-state index in [0.29, 0.717) is 0 Å². The molecule has 5 heteroatoms. The van der Waals surface area contributed by atoms with Gasteiger partial charge in [-0.15, -0.1) is 11.3 Å². The molecule has 1 N–H and O–H groups in total. The molecule has 1 aromatic heterocycles. The van der Waals surface area contributed by atoms with Crippen molar-refractivity contribution in [2.24, 2.45) is 0 Å². The maximum absolute atomic E-state index is 13.0. The van der Waals surface area contributed by atoms with Crippen LogP contribution in [-0.2, 0) is 0 Å². The van der Waals surface area contributed by atoms with E-state index < -0.39 is 0 Å². The highest BCUT2D eigenvalue weighted by atomic mass is 127. The number of benzene rings is 1. The first-order chi connectivity index (χ1) is 8.08. The minimum atomic E-state index is -0.204. The van der Waals surface area contributed by atoms with Crippen LogP contribution in [0.3, 0.4) is 0 Å². The number of halogens is 3. The highest BCUT2D eigenvalue weighted by Crippen LogP contribution is 2.32. The van der Waals surface area contributed by atoms with E-state index >= 15 is 0 Å². The lowest BCUT2D eigenvalue weighted by molar-refractivity contribution is 0.627. The van der Waals surface area contributed by atoms with E-state index in [4.69, 9.17) is 0 Å². The predicted octanol–water partition coefficient (Wildman–Crippen LogP) is 5.43. The predicted molar refractivity (Wildman–Crippen MR) is 83.2 cm³/mol. The van der Waals surface area contributed by atoms with Crippen LogP contribution in [0.2, 0.25) is 0 Å². The van der Waals surface area contributed by atoms with Crippen LogP contribution in [-0.4, -0.2) is 0 Å². The molecule has 2 rings (SSSR count). The zero-order valence-corrected chi connectivity index (χ0v) is 13.6. The van der Waals surface area contributed by atoms with E-state index in [-0.39, 0.29) is 11.9 Å². The maximum atomic E-state index is 13.0. The number of nitrogens with one attached hydrogen (secondary N) is 1. The first-order valence-corrected chi connectivity index (χ1v) is 7.77. The van der Waals surface area contributed by atoms with Gasteiger partial charge in [0.15, 0.2) is 0 Å². The van der Waals surface area contributed by atoms with Crippen LogP contribution >= 0.6 is 49.9 Å². The molecule has 0 bridgehead atoms. The Balaban J connectivity index is 2.19. The highest BCUT2D eigenvalue weighted by Gasteiger charge is 2.12. The fourth-order valence-corrected chi connectivity index (χ4v) is 3.88. The van der Waals surface area contributed by atoms with Crippen LogP contribution < -0.4 is 5.32 Å². The third-order valence-electron chi connectivity index (χ3n) is 2.34. The maximum Gasteiger partial charge on any atom is 0.124 e.